The number of hydrazine groups is 1. The molecule has 4 heteroatoms. The molecule has 2 atom stereocenters. The van der Waals surface area contributed by atoms with Crippen LogP contribution in [-0.4, -0.2) is 11.0 Å². The monoisotopic (exact) mass is 254 g/mol. The quantitative estimate of drug-likeness (QED) is 0.643. The first-order valence-electron chi connectivity index (χ1n) is 6.06. The van der Waals surface area contributed by atoms with E-state index in [2.05, 4.69) is 5.43 Å². The maximum atomic E-state index is 13.9. The molecule has 0 bridgehead atoms. The molecule has 1 heterocycles. The summed E-state index contributed by atoms with van der Waals surface area (Å²) < 4.78 is 13.9. The standard InChI is InChI=1S/C13H19FN2S/c1-9-5-6-11(14)10(8-9)13(16-15)12-4-2-3-7-17-12/h5-6,8,12-13,16H,2-4,7,15H2,1H3. The molecule has 2 unspecified atom stereocenters. The predicted octanol–water partition coefficient (Wildman–Crippen LogP) is 2.92. The maximum Gasteiger partial charge on any atom is 0.128 e. The Bertz CT molecular complexity index is 378. The zero-order valence-electron chi connectivity index (χ0n) is 10.1. The van der Waals surface area contributed by atoms with Gasteiger partial charge in [-0.2, -0.15) is 11.8 Å². The molecule has 2 rings (SSSR count). The van der Waals surface area contributed by atoms with E-state index >= 15 is 0 Å². The van der Waals surface area contributed by atoms with Gasteiger partial charge in [0.25, 0.3) is 0 Å². The maximum absolute atomic E-state index is 13.9. The van der Waals surface area contributed by atoms with E-state index in [0.29, 0.717) is 10.8 Å². The summed E-state index contributed by atoms with van der Waals surface area (Å²) in [5.41, 5.74) is 4.57. The summed E-state index contributed by atoms with van der Waals surface area (Å²) in [6.07, 6.45) is 3.57. The molecule has 1 saturated heterocycles. The number of nitrogens with two attached hydrogens (primary N) is 1. The lowest BCUT2D eigenvalue weighted by Gasteiger charge is -2.30. The molecule has 0 spiro atoms. The number of aryl methyl sites for hydroxylation is 1. The van der Waals surface area contributed by atoms with Crippen LogP contribution in [0.15, 0.2) is 18.2 Å². The molecule has 17 heavy (non-hydrogen) atoms. The Labute approximate surface area is 106 Å². The average molecular weight is 254 g/mol. The first-order valence-corrected chi connectivity index (χ1v) is 7.11. The van der Waals surface area contributed by atoms with Gasteiger partial charge in [-0.15, -0.1) is 0 Å². The fourth-order valence-electron chi connectivity index (χ4n) is 2.33. The molecule has 0 amide bonds. The molecule has 3 N–H and O–H groups in total. The highest BCUT2D eigenvalue weighted by Crippen LogP contribution is 2.35. The van der Waals surface area contributed by atoms with Crippen LogP contribution in [-0.2, 0) is 0 Å². The van der Waals surface area contributed by atoms with Crippen molar-refractivity contribution in [3.05, 3.63) is 35.1 Å². The summed E-state index contributed by atoms with van der Waals surface area (Å²) in [7, 11) is 0. The number of hydrogen-bond donors (Lipinski definition) is 2. The van der Waals surface area contributed by atoms with Gasteiger partial charge < -0.3 is 0 Å². The fourth-order valence-corrected chi connectivity index (χ4v) is 3.75. The average Bonchev–Trinajstić information content (AvgIpc) is 2.36. The van der Waals surface area contributed by atoms with Gasteiger partial charge >= 0.3 is 0 Å². The van der Waals surface area contributed by atoms with Crippen LogP contribution in [0.1, 0.15) is 36.4 Å². The van der Waals surface area contributed by atoms with Gasteiger partial charge in [0.15, 0.2) is 0 Å². The molecule has 2 nitrogen and oxygen atoms in total. The van der Waals surface area contributed by atoms with E-state index < -0.39 is 0 Å². The first-order chi connectivity index (χ1) is 8.22. The summed E-state index contributed by atoms with van der Waals surface area (Å²) in [5.74, 6) is 6.61. The van der Waals surface area contributed by atoms with Crippen molar-refractivity contribution in [3.63, 3.8) is 0 Å². The van der Waals surface area contributed by atoms with Crippen molar-refractivity contribution in [2.45, 2.75) is 37.5 Å². The Morgan fingerprint density at radius 1 is 1.47 bits per heavy atom. The first kappa shape index (κ1) is 12.9. The third-order valence-corrected chi connectivity index (χ3v) is 4.71. The molecule has 1 aliphatic rings. The second-order valence-corrected chi connectivity index (χ2v) is 5.92. The van der Waals surface area contributed by atoms with Crippen molar-refractivity contribution in [2.75, 3.05) is 5.75 Å². The molecule has 1 aromatic carbocycles. The van der Waals surface area contributed by atoms with Crippen molar-refractivity contribution < 1.29 is 4.39 Å². The van der Waals surface area contributed by atoms with Crippen LogP contribution in [0.25, 0.3) is 0 Å². The van der Waals surface area contributed by atoms with Gasteiger partial charge in [-0.3, -0.25) is 11.3 Å². The van der Waals surface area contributed by atoms with E-state index in [0.717, 1.165) is 17.7 Å². The van der Waals surface area contributed by atoms with Crippen LogP contribution < -0.4 is 11.3 Å². The number of hydrogen-bond acceptors (Lipinski definition) is 3. The minimum atomic E-state index is -0.162. The summed E-state index contributed by atoms with van der Waals surface area (Å²) in [5, 5.41) is 0.380. The summed E-state index contributed by atoms with van der Waals surface area (Å²) in [4.78, 5) is 0. The Balaban J connectivity index is 2.24. The molecule has 0 saturated carbocycles. The van der Waals surface area contributed by atoms with Crippen LogP contribution in [0, 0.1) is 12.7 Å². The van der Waals surface area contributed by atoms with Gasteiger partial charge in [-0.05, 0) is 31.6 Å². The van der Waals surface area contributed by atoms with E-state index in [4.69, 9.17) is 5.84 Å². The highest BCUT2D eigenvalue weighted by molar-refractivity contribution is 8.00. The summed E-state index contributed by atoms with van der Waals surface area (Å²) in [6.45, 7) is 1.98. The number of halogens is 1. The van der Waals surface area contributed by atoms with Crippen molar-refractivity contribution in [2.24, 2.45) is 5.84 Å². The van der Waals surface area contributed by atoms with E-state index in [1.165, 1.54) is 18.9 Å². The fraction of sp³-hybridized carbons (Fsp3) is 0.538. The Hall–Kier alpha value is -0.580. The van der Waals surface area contributed by atoms with Crippen molar-refractivity contribution in [1.29, 1.82) is 0 Å². The Morgan fingerprint density at radius 3 is 2.94 bits per heavy atom. The molecular formula is C13H19FN2S. The number of benzene rings is 1. The minimum absolute atomic E-state index is 0.0831. The highest BCUT2D eigenvalue weighted by atomic mass is 32.2. The molecule has 0 radical (unpaired) electrons. The lowest BCUT2D eigenvalue weighted by Crippen LogP contribution is -2.36. The second-order valence-electron chi connectivity index (χ2n) is 4.57. The minimum Gasteiger partial charge on any atom is -0.271 e. The third kappa shape index (κ3) is 3.00. The van der Waals surface area contributed by atoms with Crippen LogP contribution in [0.4, 0.5) is 4.39 Å². The molecule has 0 aromatic heterocycles. The molecule has 94 valence electrons. The van der Waals surface area contributed by atoms with Gasteiger partial charge in [-0.1, -0.05) is 24.1 Å². The molecular weight excluding hydrogens is 235 g/mol. The lowest BCUT2D eigenvalue weighted by molar-refractivity contribution is 0.468. The van der Waals surface area contributed by atoms with Crippen LogP contribution in [0.5, 0.6) is 0 Å². The van der Waals surface area contributed by atoms with Crippen molar-refractivity contribution in [1.82, 2.24) is 5.43 Å². The van der Waals surface area contributed by atoms with E-state index in [1.807, 2.05) is 24.8 Å². The highest BCUT2D eigenvalue weighted by Gasteiger charge is 2.26. The van der Waals surface area contributed by atoms with Gasteiger partial charge in [0.2, 0.25) is 0 Å². The lowest BCUT2D eigenvalue weighted by atomic mass is 9.98. The molecule has 1 aromatic rings. The smallest absolute Gasteiger partial charge is 0.128 e. The normalized spacial score (nSPS) is 22.4. The van der Waals surface area contributed by atoms with Crippen LogP contribution >= 0.6 is 11.8 Å². The van der Waals surface area contributed by atoms with Crippen molar-refractivity contribution in [3.8, 4) is 0 Å². The number of thioether (sulfide) groups is 1. The molecule has 0 aliphatic carbocycles. The van der Waals surface area contributed by atoms with Crippen LogP contribution in [0.2, 0.25) is 0 Å². The Kier molecular flexibility index (Phi) is 4.42. The van der Waals surface area contributed by atoms with Crippen molar-refractivity contribution >= 4 is 11.8 Å². The predicted molar refractivity (Wildman–Crippen MR) is 71.3 cm³/mol. The topological polar surface area (TPSA) is 38.0 Å². The zero-order chi connectivity index (χ0) is 12.3. The molecule has 1 aliphatic heterocycles. The largest absolute Gasteiger partial charge is 0.271 e. The third-order valence-electron chi connectivity index (χ3n) is 3.25. The SMILES string of the molecule is Cc1ccc(F)c(C(NN)C2CCCCS2)c1. The van der Waals surface area contributed by atoms with E-state index in [1.54, 1.807) is 6.07 Å². The summed E-state index contributed by atoms with van der Waals surface area (Å²) in [6, 6.07) is 5.14. The second kappa shape index (κ2) is 5.85. The summed E-state index contributed by atoms with van der Waals surface area (Å²) >= 11 is 1.90. The van der Waals surface area contributed by atoms with Gasteiger partial charge in [0.05, 0.1) is 6.04 Å². The zero-order valence-corrected chi connectivity index (χ0v) is 10.9. The van der Waals surface area contributed by atoms with Crippen LogP contribution in [0.3, 0.4) is 0 Å². The number of nitrogens with one attached hydrogen (secondary N) is 1. The number of rotatable bonds is 3. The van der Waals surface area contributed by atoms with E-state index in [9.17, 15) is 4.39 Å². The molecule has 1 fully saturated rings. The van der Waals surface area contributed by atoms with E-state index in [-0.39, 0.29) is 11.9 Å². The van der Waals surface area contributed by atoms with Gasteiger partial charge in [0, 0.05) is 10.8 Å². The Morgan fingerprint density at radius 2 is 2.29 bits per heavy atom. The van der Waals surface area contributed by atoms with Gasteiger partial charge in [-0.25, -0.2) is 4.39 Å². The van der Waals surface area contributed by atoms with Gasteiger partial charge in [0.1, 0.15) is 5.82 Å².